The number of nitrogens with one attached hydrogen (secondary N) is 2. The molecule has 11 heavy (non-hydrogen) atoms. The number of nitrogens with zero attached hydrogens (tertiary/aromatic N) is 1. The van der Waals surface area contributed by atoms with Crippen LogP contribution in [0.3, 0.4) is 0 Å². The van der Waals surface area contributed by atoms with E-state index in [1.165, 1.54) is 12.3 Å². The van der Waals surface area contributed by atoms with Crippen molar-refractivity contribution in [2.45, 2.75) is 31.8 Å². The number of amidine groups is 1. The Bertz CT molecular complexity index is 176. The maximum Gasteiger partial charge on any atom is 0.0971 e. The highest BCUT2D eigenvalue weighted by Crippen LogP contribution is 2.12. The summed E-state index contributed by atoms with van der Waals surface area (Å²) >= 11 is 0. The molecular formula is C8H15N3. The highest BCUT2D eigenvalue weighted by molar-refractivity contribution is 5.84. The van der Waals surface area contributed by atoms with Crippen LogP contribution in [0.5, 0.6) is 0 Å². The third kappa shape index (κ3) is 1.25. The van der Waals surface area contributed by atoms with E-state index >= 15 is 0 Å². The van der Waals surface area contributed by atoms with Gasteiger partial charge in [0.25, 0.3) is 0 Å². The Morgan fingerprint density at radius 1 is 1.55 bits per heavy atom. The summed E-state index contributed by atoms with van der Waals surface area (Å²) in [5.74, 6) is 1.23. The van der Waals surface area contributed by atoms with Crippen LogP contribution in [0.1, 0.15) is 19.8 Å². The molecule has 1 saturated heterocycles. The van der Waals surface area contributed by atoms with Crippen LogP contribution in [0.15, 0.2) is 4.99 Å². The van der Waals surface area contributed by atoms with E-state index in [-0.39, 0.29) is 0 Å². The third-order valence-electron chi connectivity index (χ3n) is 2.34. The number of fused-ring (bicyclic) bond motifs is 1. The second kappa shape index (κ2) is 2.81. The molecule has 1 fully saturated rings. The summed E-state index contributed by atoms with van der Waals surface area (Å²) in [5, 5.41) is 6.76. The molecule has 2 unspecified atom stereocenters. The molecule has 0 amide bonds. The Hall–Kier alpha value is -0.570. The van der Waals surface area contributed by atoms with Gasteiger partial charge in [-0.1, -0.05) is 6.92 Å². The van der Waals surface area contributed by atoms with Gasteiger partial charge in [-0.3, -0.25) is 4.99 Å². The van der Waals surface area contributed by atoms with Gasteiger partial charge in [0, 0.05) is 19.5 Å². The van der Waals surface area contributed by atoms with Crippen LogP contribution >= 0.6 is 0 Å². The summed E-state index contributed by atoms with van der Waals surface area (Å²) in [6.07, 6.45) is 2.31. The molecule has 3 nitrogen and oxygen atoms in total. The quantitative estimate of drug-likeness (QED) is 0.591. The molecule has 2 atom stereocenters. The first-order valence-corrected chi connectivity index (χ1v) is 4.44. The van der Waals surface area contributed by atoms with Crippen molar-refractivity contribution in [1.82, 2.24) is 10.6 Å². The minimum absolute atomic E-state index is 0.525. The van der Waals surface area contributed by atoms with Crippen molar-refractivity contribution in [2.24, 2.45) is 4.99 Å². The summed E-state index contributed by atoms with van der Waals surface area (Å²) in [7, 11) is 0. The second-order valence-electron chi connectivity index (χ2n) is 3.30. The summed E-state index contributed by atoms with van der Waals surface area (Å²) in [6, 6.07) is 1.12. The van der Waals surface area contributed by atoms with Crippen LogP contribution in [0.4, 0.5) is 0 Å². The lowest BCUT2D eigenvalue weighted by atomic mass is 10.2. The Balaban J connectivity index is 1.96. The topological polar surface area (TPSA) is 36.4 Å². The summed E-state index contributed by atoms with van der Waals surface area (Å²) in [4.78, 5) is 4.58. The monoisotopic (exact) mass is 153 g/mol. The van der Waals surface area contributed by atoms with Crippen LogP contribution in [-0.4, -0.2) is 31.0 Å². The normalized spacial score (nSPS) is 34.8. The molecule has 0 bridgehead atoms. The van der Waals surface area contributed by atoms with Crippen molar-refractivity contribution in [3.05, 3.63) is 0 Å². The van der Waals surface area contributed by atoms with Crippen LogP contribution in [-0.2, 0) is 0 Å². The van der Waals surface area contributed by atoms with Gasteiger partial charge in [0.05, 0.1) is 17.9 Å². The maximum absolute atomic E-state index is 4.58. The van der Waals surface area contributed by atoms with E-state index in [1.54, 1.807) is 0 Å². The van der Waals surface area contributed by atoms with E-state index in [2.05, 4.69) is 22.5 Å². The smallest absolute Gasteiger partial charge is 0.0971 e. The average Bonchev–Trinajstić information content (AvgIpc) is 2.46. The van der Waals surface area contributed by atoms with E-state index in [0.717, 1.165) is 19.5 Å². The predicted molar refractivity (Wildman–Crippen MR) is 45.9 cm³/mol. The molecule has 0 aliphatic carbocycles. The molecule has 0 radical (unpaired) electrons. The minimum Gasteiger partial charge on any atom is -0.368 e. The standard InChI is InChI=1S/C8H15N3/c1-2-3-8-10-6-4-9-5-7(6)11-8/h6-7,9H,2-5H2,1H3,(H,10,11). The van der Waals surface area contributed by atoms with Crippen molar-refractivity contribution in [1.29, 1.82) is 0 Å². The van der Waals surface area contributed by atoms with Gasteiger partial charge in [0.15, 0.2) is 0 Å². The molecule has 3 heteroatoms. The van der Waals surface area contributed by atoms with Crippen LogP contribution in [0, 0.1) is 0 Å². The van der Waals surface area contributed by atoms with Gasteiger partial charge >= 0.3 is 0 Å². The fraction of sp³-hybridized carbons (Fsp3) is 0.875. The molecule has 0 aromatic rings. The Morgan fingerprint density at radius 2 is 2.45 bits per heavy atom. The molecule has 2 rings (SSSR count). The summed E-state index contributed by atoms with van der Waals surface area (Å²) in [6.45, 7) is 4.34. The second-order valence-corrected chi connectivity index (χ2v) is 3.30. The first-order valence-electron chi connectivity index (χ1n) is 4.44. The molecule has 0 aromatic heterocycles. The average molecular weight is 153 g/mol. The number of hydrogen-bond donors (Lipinski definition) is 2. The first kappa shape index (κ1) is 7.10. The zero-order valence-corrected chi connectivity index (χ0v) is 6.93. The fourth-order valence-corrected chi connectivity index (χ4v) is 1.77. The highest BCUT2D eigenvalue weighted by Gasteiger charge is 2.31. The van der Waals surface area contributed by atoms with Gasteiger partial charge < -0.3 is 10.6 Å². The summed E-state index contributed by atoms with van der Waals surface area (Å²) < 4.78 is 0. The number of hydrogen-bond acceptors (Lipinski definition) is 3. The molecule has 2 aliphatic rings. The Labute approximate surface area is 67.3 Å². The van der Waals surface area contributed by atoms with E-state index in [0.29, 0.717) is 12.1 Å². The third-order valence-corrected chi connectivity index (χ3v) is 2.34. The molecule has 0 saturated carbocycles. The van der Waals surface area contributed by atoms with Crippen molar-refractivity contribution in [3.63, 3.8) is 0 Å². The zero-order valence-electron chi connectivity index (χ0n) is 6.93. The van der Waals surface area contributed by atoms with Crippen molar-refractivity contribution in [3.8, 4) is 0 Å². The molecule has 62 valence electrons. The molecule has 2 N–H and O–H groups in total. The number of aliphatic imine (C=N–C) groups is 1. The van der Waals surface area contributed by atoms with Gasteiger partial charge in [-0.2, -0.15) is 0 Å². The van der Waals surface area contributed by atoms with Crippen LogP contribution < -0.4 is 10.6 Å². The highest BCUT2D eigenvalue weighted by atomic mass is 15.2. The van der Waals surface area contributed by atoms with Crippen LogP contribution in [0.2, 0.25) is 0 Å². The van der Waals surface area contributed by atoms with Crippen molar-refractivity contribution < 1.29 is 0 Å². The largest absolute Gasteiger partial charge is 0.368 e. The Kier molecular flexibility index (Phi) is 1.82. The van der Waals surface area contributed by atoms with E-state index in [9.17, 15) is 0 Å². The summed E-state index contributed by atoms with van der Waals surface area (Å²) in [5.41, 5.74) is 0. The van der Waals surface area contributed by atoms with Crippen LogP contribution in [0.25, 0.3) is 0 Å². The van der Waals surface area contributed by atoms with E-state index in [4.69, 9.17) is 0 Å². The molecule has 0 aromatic carbocycles. The lowest BCUT2D eigenvalue weighted by Gasteiger charge is -2.06. The molecule has 2 aliphatic heterocycles. The lowest BCUT2D eigenvalue weighted by molar-refractivity contribution is 0.635. The van der Waals surface area contributed by atoms with Gasteiger partial charge in [0.2, 0.25) is 0 Å². The SMILES string of the molecule is CCCC1=NC2CNCC2N1. The molecule has 2 heterocycles. The van der Waals surface area contributed by atoms with Gasteiger partial charge in [-0.05, 0) is 6.42 Å². The minimum atomic E-state index is 0.525. The van der Waals surface area contributed by atoms with Gasteiger partial charge in [-0.15, -0.1) is 0 Å². The maximum atomic E-state index is 4.58. The Morgan fingerprint density at radius 3 is 3.18 bits per heavy atom. The fourth-order valence-electron chi connectivity index (χ4n) is 1.77. The van der Waals surface area contributed by atoms with Crippen molar-refractivity contribution >= 4 is 5.84 Å². The molecule has 0 spiro atoms. The van der Waals surface area contributed by atoms with Gasteiger partial charge in [0.1, 0.15) is 0 Å². The first-order chi connectivity index (χ1) is 5.40. The van der Waals surface area contributed by atoms with E-state index in [1.807, 2.05) is 0 Å². The van der Waals surface area contributed by atoms with E-state index < -0.39 is 0 Å². The van der Waals surface area contributed by atoms with Crippen molar-refractivity contribution in [2.75, 3.05) is 13.1 Å². The zero-order chi connectivity index (χ0) is 7.68. The van der Waals surface area contributed by atoms with Gasteiger partial charge in [-0.25, -0.2) is 0 Å². The lowest BCUT2D eigenvalue weighted by Crippen LogP contribution is -2.34. The number of rotatable bonds is 2. The molecular weight excluding hydrogens is 138 g/mol. The predicted octanol–water partition coefficient (Wildman–Crippen LogP) is 0.129.